The number of rotatable bonds is 1. The van der Waals surface area contributed by atoms with Crippen molar-refractivity contribution in [2.45, 2.75) is 58.3 Å². The lowest BCUT2D eigenvalue weighted by Gasteiger charge is -2.11. The minimum absolute atomic E-state index is 0.878. The standard InChI is InChI=1S/C12H22/c1-2-12-10-8-6-4-3-5-7-9-11-12/h8,10,12H,2-7,9,11H2,1H3/b10-8+. The third-order valence-electron chi connectivity index (χ3n) is 2.88. The third-order valence-corrected chi connectivity index (χ3v) is 2.88. The van der Waals surface area contributed by atoms with E-state index in [1.807, 2.05) is 0 Å². The molecule has 0 heterocycles. The highest BCUT2D eigenvalue weighted by molar-refractivity contribution is 4.88. The van der Waals surface area contributed by atoms with Gasteiger partial charge in [-0.3, -0.25) is 0 Å². The van der Waals surface area contributed by atoms with Crippen molar-refractivity contribution in [3.05, 3.63) is 12.2 Å². The molecule has 0 heteroatoms. The molecule has 0 nitrogen and oxygen atoms in total. The Hall–Kier alpha value is -0.260. The molecule has 0 aliphatic heterocycles. The van der Waals surface area contributed by atoms with Crippen molar-refractivity contribution in [1.29, 1.82) is 0 Å². The van der Waals surface area contributed by atoms with Gasteiger partial charge in [0, 0.05) is 0 Å². The quantitative estimate of drug-likeness (QED) is 0.509. The van der Waals surface area contributed by atoms with Gasteiger partial charge in [0.15, 0.2) is 0 Å². The molecule has 12 heavy (non-hydrogen) atoms. The van der Waals surface area contributed by atoms with Crippen molar-refractivity contribution in [1.82, 2.24) is 0 Å². The molecule has 0 bridgehead atoms. The van der Waals surface area contributed by atoms with Crippen molar-refractivity contribution in [3.63, 3.8) is 0 Å². The minimum atomic E-state index is 0.878. The Morgan fingerprint density at radius 1 is 1.08 bits per heavy atom. The maximum absolute atomic E-state index is 2.45. The summed E-state index contributed by atoms with van der Waals surface area (Å²) in [5, 5.41) is 0. The topological polar surface area (TPSA) is 0 Å². The fourth-order valence-electron chi connectivity index (χ4n) is 1.92. The fourth-order valence-corrected chi connectivity index (χ4v) is 1.92. The zero-order valence-electron chi connectivity index (χ0n) is 8.39. The Morgan fingerprint density at radius 3 is 2.67 bits per heavy atom. The lowest BCUT2D eigenvalue weighted by atomic mass is 9.95. The van der Waals surface area contributed by atoms with E-state index in [1.165, 1.54) is 51.4 Å². The molecule has 0 radical (unpaired) electrons. The normalized spacial score (nSPS) is 29.6. The number of hydrogen-bond acceptors (Lipinski definition) is 0. The van der Waals surface area contributed by atoms with Crippen molar-refractivity contribution in [2.75, 3.05) is 0 Å². The van der Waals surface area contributed by atoms with E-state index in [1.54, 1.807) is 0 Å². The van der Waals surface area contributed by atoms with Crippen LogP contribution in [-0.2, 0) is 0 Å². The first-order chi connectivity index (χ1) is 5.93. The van der Waals surface area contributed by atoms with Crippen LogP contribution in [0.15, 0.2) is 12.2 Å². The lowest BCUT2D eigenvalue weighted by molar-refractivity contribution is 0.502. The summed E-state index contributed by atoms with van der Waals surface area (Å²) in [5.74, 6) is 0.878. The van der Waals surface area contributed by atoms with Crippen LogP contribution in [0, 0.1) is 5.92 Å². The summed E-state index contributed by atoms with van der Waals surface area (Å²) in [6, 6.07) is 0. The molecule has 0 spiro atoms. The molecular weight excluding hydrogens is 144 g/mol. The Morgan fingerprint density at radius 2 is 1.83 bits per heavy atom. The average molecular weight is 166 g/mol. The average Bonchev–Trinajstić information content (AvgIpc) is 2.14. The lowest BCUT2D eigenvalue weighted by Crippen LogP contribution is -1.95. The molecule has 1 aliphatic rings. The summed E-state index contributed by atoms with van der Waals surface area (Å²) in [6.45, 7) is 2.31. The van der Waals surface area contributed by atoms with Gasteiger partial charge in [-0.25, -0.2) is 0 Å². The molecule has 0 aromatic heterocycles. The van der Waals surface area contributed by atoms with Crippen LogP contribution in [0.3, 0.4) is 0 Å². The summed E-state index contributed by atoms with van der Waals surface area (Å²) >= 11 is 0. The van der Waals surface area contributed by atoms with Gasteiger partial charge in [-0.1, -0.05) is 44.8 Å². The van der Waals surface area contributed by atoms with Gasteiger partial charge in [-0.05, 0) is 31.6 Å². The summed E-state index contributed by atoms with van der Waals surface area (Å²) in [5.41, 5.74) is 0. The summed E-state index contributed by atoms with van der Waals surface area (Å²) in [7, 11) is 0. The van der Waals surface area contributed by atoms with Gasteiger partial charge < -0.3 is 0 Å². The van der Waals surface area contributed by atoms with E-state index < -0.39 is 0 Å². The second kappa shape index (κ2) is 6.28. The van der Waals surface area contributed by atoms with Gasteiger partial charge >= 0.3 is 0 Å². The van der Waals surface area contributed by atoms with Crippen LogP contribution in [-0.4, -0.2) is 0 Å². The summed E-state index contributed by atoms with van der Waals surface area (Å²) in [4.78, 5) is 0. The van der Waals surface area contributed by atoms with Gasteiger partial charge in [-0.15, -0.1) is 0 Å². The van der Waals surface area contributed by atoms with E-state index in [4.69, 9.17) is 0 Å². The molecule has 1 atom stereocenters. The molecule has 0 N–H and O–H groups in total. The molecule has 0 amide bonds. The second-order valence-electron chi connectivity index (χ2n) is 3.94. The smallest absolute Gasteiger partial charge is 0.0236 e. The predicted molar refractivity (Wildman–Crippen MR) is 55.2 cm³/mol. The number of hydrogen-bond donors (Lipinski definition) is 0. The largest absolute Gasteiger partial charge is 0.0883 e. The van der Waals surface area contributed by atoms with Gasteiger partial charge in [0.25, 0.3) is 0 Å². The highest BCUT2D eigenvalue weighted by Crippen LogP contribution is 2.18. The summed E-state index contributed by atoms with van der Waals surface area (Å²) in [6.07, 6.45) is 16.1. The van der Waals surface area contributed by atoms with Gasteiger partial charge in [0.1, 0.15) is 0 Å². The van der Waals surface area contributed by atoms with Crippen LogP contribution in [0.25, 0.3) is 0 Å². The van der Waals surface area contributed by atoms with E-state index in [2.05, 4.69) is 19.1 Å². The molecule has 0 saturated carbocycles. The first kappa shape index (κ1) is 9.83. The van der Waals surface area contributed by atoms with Crippen LogP contribution in [0.4, 0.5) is 0 Å². The molecule has 0 aromatic carbocycles. The maximum Gasteiger partial charge on any atom is -0.0236 e. The molecule has 0 fully saturated rings. The van der Waals surface area contributed by atoms with Gasteiger partial charge in [-0.2, -0.15) is 0 Å². The van der Waals surface area contributed by atoms with E-state index in [0.29, 0.717) is 0 Å². The maximum atomic E-state index is 2.45. The fraction of sp³-hybridized carbons (Fsp3) is 0.833. The van der Waals surface area contributed by atoms with Crippen LogP contribution in [0.2, 0.25) is 0 Å². The summed E-state index contributed by atoms with van der Waals surface area (Å²) < 4.78 is 0. The van der Waals surface area contributed by atoms with Crippen LogP contribution >= 0.6 is 0 Å². The monoisotopic (exact) mass is 166 g/mol. The van der Waals surface area contributed by atoms with Crippen molar-refractivity contribution < 1.29 is 0 Å². The Balaban J connectivity index is 2.31. The van der Waals surface area contributed by atoms with E-state index in [0.717, 1.165) is 5.92 Å². The molecule has 1 rings (SSSR count). The molecule has 1 aliphatic carbocycles. The van der Waals surface area contributed by atoms with Crippen LogP contribution in [0.1, 0.15) is 58.3 Å². The Bertz CT molecular complexity index is 124. The van der Waals surface area contributed by atoms with Gasteiger partial charge in [0.2, 0.25) is 0 Å². The predicted octanol–water partition coefficient (Wildman–Crippen LogP) is 4.31. The molecule has 70 valence electrons. The van der Waals surface area contributed by atoms with Gasteiger partial charge in [0.05, 0.1) is 0 Å². The van der Waals surface area contributed by atoms with Crippen molar-refractivity contribution in [2.24, 2.45) is 5.92 Å². The second-order valence-corrected chi connectivity index (χ2v) is 3.94. The third kappa shape index (κ3) is 3.94. The molecule has 1 unspecified atom stereocenters. The molecule has 0 saturated heterocycles. The minimum Gasteiger partial charge on any atom is -0.0883 e. The zero-order chi connectivity index (χ0) is 8.65. The van der Waals surface area contributed by atoms with E-state index in [9.17, 15) is 0 Å². The molecular formula is C12H22. The number of allylic oxidation sites excluding steroid dienone is 2. The molecule has 0 aromatic rings. The Labute approximate surface area is 77.1 Å². The highest BCUT2D eigenvalue weighted by Gasteiger charge is 2.02. The zero-order valence-corrected chi connectivity index (χ0v) is 8.39. The van der Waals surface area contributed by atoms with E-state index in [-0.39, 0.29) is 0 Å². The van der Waals surface area contributed by atoms with Crippen molar-refractivity contribution >= 4 is 0 Å². The highest BCUT2D eigenvalue weighted by atomic mass is 14.1. The van der Waals surface area contributed by atoms with Crippen LogP contribution < -0.4 is 0 Å². The SMILES string of the molecule is CCC1/C=C/CCCCCCC1. The van der Waals surface area contributed by atoms with Crippen LogP contribution in [0.5, 0.6) is 0 Å². The Kier molecular flexibility index (Phi) is 5.14. The van der Waals surface area contributed by atoms with E-state index >= 15 is 0 Å². The first-order valence-electron chi connectivity index (χ1n) is 5.60. The van der Waals surface area contributed by atoms with Crippen molar-refractivity contribution in [3.8, 4) is 0 Å². The first-order valence-corrected chi connectivity index (χ1v) is 5.60.